The number of carbonyl (C=O) groups is 2. The molecule has 21 heavy (non-hydrogen) atoms. The van der Waals surface area contributed by atoms with Crippen molar-refractivity contribution in [2.24, 2.45) is 0 Å². The number of hydrogen-bond donors (Lipinski definition) is 0. The molecule has 0 amide bonds. The molecule has 0 saturated heterocycles. The van der Waals surface area contributed by atoms with Crippen molar-refractivity contribution >= 4 is 22.0 Å². The van der Waals surface area contributed by atoms with Crippen molar-refractivity contribution in [2.45, 2.75) is 11.8 Å². The van der Waals surface area contributed by atoms with Crippen LogP contribution in [0.25, 0.3) is 0 Å². The third kappa shape index (κ3) is 4.02. The first-order chi connectivity index (χ1) is 9.86. The van der Waals surface area contributed by atoms with Gasteiger partial charge in [0, 0.05) is 6.54 Å². The second-order valence-corrected chi connectivity index (χ2v) is 5.96. The molecule has 0 unspecified atom stereocenters. The van der Waals surface area contributed by atoms with Crippen LogP contribution >= 0.6 is 0 Å². The minimum absolute atomic E-state index is 0.0869. The van der Waals surface area contributed by atoms with Gasteiger partial charge in [-0.3, -0.25) is 4.79 Å². The van der Waals surface area contributed by atoms with E-state index in [9.17, 15) is 18.0 Å². The molecule has 0 radical (unpaired) electrons. The van der Waals surface area contributed by atoms with Gasteiger partial charge in [0.05, 0.1) is 24.7 Å². The molecule has 1 aromatic rings. The van der Waals surface area contributed by atoms with Gasteiger partial charge in [-0.25, -0.2) is 13.2 Å². The molecule has 0 aliphatic rings. The van der Waals surface area contributed by atoms with Crippen molar-refractivity contribution in [3.8, 4) is 0 Å². The van der Waals surface area contributed by atoms with E-state index in [4.69, 9.17) is 0 Å². The molecule has 0 saturated carbocycles. The second-order valence-electron chi connectivity index (χ2n) is 4.03. The Morgan fingerprint density at radius 1 is 1.19 bits per heavy atom. The summed E-state index contributed by atoms with van der Waals surface area (Å²) in [5.74, 6) is -1.30. The van der Waals surface area contributed by atoms with Gasteiger partial charge in [-0.1, -0.05) is 13.0 Å². The van der Waals surface area contributed by atoms with Crippen LogP contribution in [0.5, 0.6) is 0 Å². The Hall–Kier alpha value is -1.93. The predicted molar refractivity (Wildman–Crippen MR) is 74.2 cm³/mol. The Labute approximate surface area is 123 Å². The molecule has 0 bridgehead atoms. The summed E-state index contributed by atoms with van der Waals surface area (Å²) in [4.78, 5) is 22.6. The van der Waals surface area contributed by atoms with E-state index in [1.54, 1.807) is 6.92 Å². The van der Waals surface area contributed by atoms with E-state index in [1.165, 1.54) is 38.5 Å². The number of rotatable bonds is 6. The van der Waals surface area contributed by atoms with Crippen LogP contribution in [0.4, 0.5) is 0 Å². The zero-order chi connectivity index (χ0) is 16.0. The van der Waals surface area contributed by atoms with Crippen LogP contribution in [0.2, 0.25) is 0 Å². The SMILES string of the molecule is CCN(CC(=O)OC)S(=O)(=O)c1cccc(C(=O)OC)c1. The molecule has 8 heteroatoms. The van der Waals surface area contributed by atoms with Crippen molar-refractivity contribution in [3.05, 3.63) is 29.8 Å². The molecule has 0 aromatic heterocycles. The number of esters is 2. The molecule has 7 nitrogen and oxygen atoms in total. The maximum absolute atomic E-state index is 12.4. The highest BCUT2D eigenvalue weighted by molar-refractivity contribution is 7.89. The smallest absolute Gasteiger partial charge is 0.337 e. The van der Waals surface area contributed by atoms with Crippen LogP contribution in [0.3, 0.4) is 0 Å². The van der Waals surface area contributed by atoms with E-state index in [0.29, 0.717) is 0 Å². The van der Waals surface area contributed by atoms with Gasteiger partial charge in [-0.15, -0.1) is 0 Å². The lowest BCUT2D eigenvalue weighted by molar-refractivity contribution is -0.140. The summed E-state index contributed by atoms with van der Waals surface area (Å²) in [6.07, 6.45) is 0. The lowest BCUT2D eigenvalue weighted by Crippen LogP contribution is -2.36. The van der Waals surface area contributed by atoms with E-state index >= 15 is 0 Å². The molecular formula is C13H17NO6S. The van der Waals surface area contributed by atoms with Crippen LogP contribution < -0.4 is 0 Å². The molecule has 0 fully saturated rings. The highest BCUT2D eigenvalue weighted by Gasteiger charge is 2.26. The summed E-state index contributed by atoms with van der Waals surface area (Å²) in [7, 11) is -1.51. The number of likely N-dealkylation sites (N-methyl/N-ethyl adjacent to an activating group) is 1. The van der Waals surface area contributed by atoms with Gasteiger partial charge in [-0.2, -0.15) is 4.31 Å². The Bertz CT molecular complexity index is 625. The van der Waals surface area contributed by atoms with E-state index in [-0.39, 0.29) is 17.0 Å². The standard InChI is InChI=1S/C13H17NO6S/c1-4-14(9-12(15)19-2)21(17,18)11-7-5-6-10(8-11)13(16)20-3/h5-8H,4,9H2,1-3H3. The van der Waals surface area contributed by atoms with Gasteiger partial charge < -0.3 is 9.47 Å². The van der Waals surface area contributed by atoms with Crippen LogP contribution in [0, 0.1) is 0 Å². The second kappa shape index (κ2) is 7.19. The van der Waals surface area contributed by atoms with Gasteiger partial charge in [0.15, 0.2) is 0 Å². The lowest BCUT2D eigenvalue weighted by Gasteiger charge is -2.19. The minimum atomic E-state index is -3.90. The number of sulfonamides is 1. The number of carbonyl (C=O) groups excluding carboxylic acids is 2. The summed E-state index contributed by atoms with van der Waals surface area (Å²) in [6.45, 7) is 1.31. The quantitative estimate of drug-likeness (QED) is 0.716. The minimum Gasteiger partial charge on any atom is -0.468 e. The van der Waals surface area contributed by atoms with E-state index in [2.05, 4.69) is 9.47 Å². The van der Waals surface area contributed by atoms with Crippen molar-refractivity contribution in [1.82, 2.24) is 4.31 Å². The number of methoxy groups -OCH3 is 2. The molecule has 0 aliphatic heterocycles. The summed E-state index contributed by atoms with van der Waals surface area (Å²) in [5.41, 5.74) is 0.118. The monoisotopic (exact) mass is 315 g/mol. The Morgan fingerprint density at radius 2 is 1.86 bits per heavy atom. The molecule has 1 rings (SSSR count). The van der Waals surface area contributed by atoms with Crippen molar-refractivity contribution in [3.63, 3.8) is 0 Å². The average molecular weight is 315 g/mol. The Kier molecular flexibility index (Phi) is 5.86. The molecule has 0 heterocycles. The van der Waals surface area contributed by atoms with Gasteiger partial charge in [0.25, 0.3) is 0 Å². The van der Waals surface area contributed by atoms with Crippen molar-refractivity contribution in [2.75, 3.05) is 27.3 Å². The number of nitrogens with zero attached hydrogens (tertiary/aromatic N) is 1. The molecule has 1 aromatic carbocycles. The normalized spacial score (nSPS) is 11.2. The maximum atomic E-state index is 12.4. The fourth-order valence-electron chi connectivity index (χ4n) is 1.63. The maximum Gasteiger partial charge on any atom is 0.337 e. The summed E-state index contributed by atoms with van der Waals surface area (Å²) < 4.78 is 34.9. The lowest BCUT2D eigenvalue weighted by atomic mass is 10.2. The number of benzene rings is 1. The Balaban J connectivity index is 3.16. The number of ether oxygens (including phenoxy) is 2. The largest absolute Gasteiger partial charge is 0.468 e. The van der Waals surface area contributed by atoms with Crippen LogP contribution in [0.1, 0.15) is 17.3 Å². The predicted octanol–water partition coefficient (Wildman–Crippen LogP) is 0.657. The van der Waals surface area contributed by atoms with Gasteiger partial charge in [0.2, 0.25) is 10.0 Å². The molecule has 0 spiro atoms. The summed E-state index contributed by atoms with van der Waals surface area (Å²) >= 11 is 0. The van der Waals surface area contributed by atoms with Crippen molar-refractivity contribution in [1.29, 1.82) is 0 Å². The zero-order valence-electron chi connectivity index (χ0n) is 12.0. The van der Waals surface area contributed by atoms with Gasteiger partial charge in [-0.05, 0) is 18.2 Å². The highest BCUT2D eigenvalue weighted by Crippen LogP contribution is 2.17. The van der Waals surface area contributed by atoms with Crippen LogP contribution in [0.15, 0.2) is 29.2 Å². The van der Waals surface area contributed by atoms with Crippen LogP contribution in [-0.4, -0.2) is 52.0 Å². The van der Waals surface area contributed by atoms with E-state index in [1.807, 2.05) is 0 Å². The first kappa shape index (κ1) is 17.1. The fraction of sp³-hybridized carbons (Fsp3) is 0.385. The molecule has 0 atom stereocenters. The Morgan fingerprint density at radius 3 is 2.38 bits per heavy atom. The first-order valence-corrected chi connectivity index (χ1v) is 7.56. The molecular weight excluding hydrogens is 298 g/mol. The molecule has 0 aliphatic carbocycles. The highest BCUT2D eigenvalue weighted by atomic mass is 32.2. The first-order valence-electron chi connectivity index (χ1n) is 6.12. The third-order valence-electron chi connectivity index (χ3n) is 2.78. The average Bonchev–Trinajstić information content (AvgIpc) is 2.51. The summed E-state index contributed by atoms with van der Waals surface area (Å²) in [6, 6.07) is 5.44. The van der Waals surface area contributed by atoms with Crippen LogP contribution in [-0.2, 0) is 24.3 Å². The molecule has 0 N–H and O–H groups in total. The van der Waals surface area contributed by atoms with E-state index in [0.717, 1.165) is 4.31 Å². The topological polar surface area (TPSA) is 90.0 Å². The third-order valence-corrected chi connectivity index (χ3v) is 4.70. The van der Waals surface area contributed by atoms with Crippen molar-refractivity contribution < 1.29 is 27.5 Å². The molecule has 116 valence electrons. The zero-order valence-corrected chi connectivity index (χ0v) is 12.8. The number of hydrogen-bond acceptors (Lipinski definition) is 6. The van der Waals surface area contributed by atoms with Gasteiger partial charge in [0.1, 0.15) is 6.54 Å². The summed E-state index contributed by atoms with van der Waals surface area (Å²) in [5, 5.41) is 0. The van der Waals surface area contributed by atoms with Gasteiger partial charge >= 0.3 is 11.9 Å². The van der Waals surface area contributed by atoms with E-state index < -0.39 is 28.5 Å². The fourth-order valence-corrected chi connectivity index (χ4v) is 3.07.